The molecule has 2 rings (SSSR count). The van der Waals surface area contributed by atoms with Gasteiger partial charge in [-0.05, 0) is 32.5 Å². The Bertz CT molecular complexity index is 491. The molecular weight excluding hydrogens is 274 g/mol. The Kier molecular flexibility index (Phi) is 6.33. The first kappa shape index (κ1) is 17.1. The summed E-state index contributed by atoms with van der Waals surface area (Å²) in [5.74, 6) is -3.33. The van der Waals surface area contributed by atoms with Gasteiger partial charge in [-0.1, -0.05) is 29.8 Å². The van der Waals surface area contributed by atoms with Crippen LogP contribution in [0.2, 0.25) is 0 Å². The van der Waals surface area contributed by atoms with Gasteiger partial charge in [-0.3, -0.25) is 0 Å². The number of likely N-dealkylation sites (N-methyl/N-ethyl adjacent to an activating group) is 1. The Morgan fingerprint density at radius 2 is 1.86 bits per heavy atom. The van der Waals surface area contributed by atoms with Crippen LogP contribution in [0, 0.1) is 6.92 Å². The van der Waals surface area contributed by atoms with Crippen LogP contribution in [0.1, 0.15) is 23.5 Å². The molecule has 1 aromatic rings. The summed E-state index contributed by atoms with van der Waals surface area (Å²) in [5.41, 5.74) is 2.56. The number of carboxylic acid groups (broad SMARTS) is 2. The third-order valence-corrected chi connectivity index (χ3v) is 3.44. The highest BCUT2D eigenvalue weighted by atomic mass is 16.4. The van der Waals surface area contributed by atoms with Gasteiger partial charge in [0.2, 0.25) is 0 Å². The highest BCUT2D eigenvalue weighted by Crippen LogP contribution is 2.28. The first-order valence-electron chi connectivity index (χ1n) is 6.70. The van der Waals surface area contributed by atoms with Gasteiger partial charge in [-0.25, -0.2) is 9.59 Å². The fraction of sp³-hybridized carbons (Fsp3) is 0.467. The van der Waals surface area contributed by atoms with Crippen LogP contribution in [0.5, 0.6) is 0 Å². The van der Waals surface area contributed by atoms with Crippen molar-refractivity contribution in [1.29, 1.82) is 0 Å². The van der Waals surface area contributed by atoms with Gasteiger partial charge in [-0.2, -0.15) is 0 Å². The highest BCUT2D eigenvalue weighted by Gasteiger charge is 2.26. The number of aliphatic hydroxyl groups excluding tert-OH is 1. The van der Waals surface area contributed by atoms with E-state index in [0.717, 1.165) is 19.5 Å². The lowest BCUT2D eigenvalue weighted by molar-refractivity contribution is -0.159. The van der Waals surface area contributed by atoms with E-state index >= 15 is 0 Å². The summed E-state index contributed by atoms with van der Waals surface area (Å²) in [5, 5.41) is 24.8. The van der Waals surface area contributed by atoms with Crippen LogP contribution >= 0.6 is 0 Å². The van der Waals surface area contributed by atoms with Crippen LogP contribution < -0.4 is 0 Å². The third kappa shape index (κ3) is 5.53. The second kappa shape index (κ2) is 7.75. The van der Waals surface area contributed by atoms with Crippen LogP contribution in [0.4, 0.5) is 0 Å². The molecule has 21 heavy (non-hydrogen) atoms. The Hall–Kier alpha value is -1.92. The molecule has 1 aliphatic heterocycles. The van der Waals surface area contributed by atoms with Crippen molar-refractivity contribution in [3.8, 4) is 0 Å². The summed E-state index contributed by atoms with van der Waals surface area (Å²) in [4.78, 5) is 20.4. The first-order valence-corrected chi connectivity index (χ1v) is 6.70. The van der Waals surface area contributed by atoms with Crippen molar-refractivity contribution in [2.45, 2.75) is 25.4 Å². The number of aliphatic hydroxyl groups is 1. The molecule has 1 heterocycles. The van der Waals surface area contributed by atoms with Gasteiger partial charge in [-0.15, -0.1) is 0 Å². The van der Waals surface area contributed by atoms with Crippen molar-refractivity contribution in [3.05, 3.63) is 35.4 Å². The Balaban J connectivity index is 0.000000315. The van der Waals surface area contributed by atoms with Crippen LogP contribution in [-0.2, 0) is 9.59 Å². The van der Waals surface area contributed by atoms with Gasteiger partial charge in [0.25, 0.3) is 0 Å². The average molecular weight is 295 g/mol. The number of carboxylic acids is 2. The zero-order valence-corrected chi connectivity index (χ0v) is 12.2. The largest absolute Gasteiger partial charge is 0.473 e. The van der Waals surface area contributed by atoms with Gasteiger partial charge in [0, 0.05) is 12.5 Å². The molecule has 0 unspecified atom stereocenters. The molecule has 116 valence electrons. The predicted molar refractivity (Wildman–Crippen MR) is 77.3 cm³/mol. The number of likely N-dealkylation sites (tertiary alicyclic amines) is 1. The van der Waals surface area contributed by atoms with Gasteiger partial charge in [0.15, 0.2) is 0 Å². The molecular formula is C15H21NO5. The van der Waals surface area contributed by atoms with E-state index in [1.165, 1.54) is 11.1 Å². The molecule has 0 bridgehead atoms. The first-order chi connectivity index (χ1) is 9.81. The second-order valence-corrected chi connectivity index (χ2v) is 5.25. The number of nitrogens with zero attached hydrogens (tertiary/aromatic N) is 1. The van der Waals surface area contributed by atoms with Crippen molar-refractivity contribution in [2.75, 3.05) is 20.1 Å². The lowest BCUT2D eigenvalue weighted by Gasteiger charge is -2.34. The summed E-state index contributed by atoms with van der Waals surface area (Å²) in [6.07, 6.45) is 0.840. The van der Waals surface area contributed by atoms with Gasteiger partial charge < -0.3 is 20.2 Å². The molecule has 0 aliphatic carbocycles. The summed E-state index contributed by atoms with van der Waals surface area (Å²) < 4.78 is 0. The molecule has 0 spiro atoms. The van der Waals surface area contributed by atoms with Crippen LogP contribution in [0.25, 0.3) is 0 Å². The quantitative estimate of drug-likeness (QED) is 0.667. The maximum absolute atomic E-state index is 10.0. The second-order valence-electron chi connectivity index (χ2n) is 5.25. The number of hydrogen-bond donors (Lipinski definition) is 3. The van der Waals surface area contributed by atoms with E-state index in [4.69, 9.17) is 19.8 Å². The van der Waals surface area contributed by atoms with Gasteiger partial charge in [0.1, 0.15) is 0 Å². The Morgan fingerprint density at radius 1 is 1.24 bits per heavy atom. The molecule has 0 aromatic heterocycles. The number of aliphatic carboxylic acids is 2. The number of rotatable bonds is 1. The van der Waals surface area contributed by atoms with Crippen molar-refractivity contribution in [3.63, 3.8) is 0 Å². The van der Waals surface area contributed by atoms with E-state index in [9.17, 15) is 5.11 Å². The monoisotopic (exact) mass is 295 g/mol. The summed E-state index contributed by atoms with van der Waals surface area (Å²) in [7, 11) is 2.07. The van der Waals surface area contributed by atoms with Crippen molar-refractivity contribution in [1.82, 2.24) is 4.90 Å². The summed E-state index contributed by atoms with van der Waals surface area (Å²) >= 11 is 0. The molecule has 1 saturated heterocycles. The van der Waals surface area contributed by atoms with E-state index in [2.05, 4.69) is 43.1 Å². The molecule has 6 nitrogen and oxygen atoms in total. The number of benzene rings is 1. The maximum Gasteiger partial charge on any atom is 0.414 e. The van der Waals surface area contributed by atoms with Crippen LogP contribution in [0.3, 0.4) is 0 Å². The summed E-state index contributed by atoms with van der Waals surface area (Å²) in [6.45, 7) is 3.97. The van der Waals surface area contributed by atoms with Crippen molar-refractivity contribution in [2.24, 2.45) is 0 Å². The topological polar surface area (TPSA) is 98.1 Å². The van der Waals surface area contributed by atoms with Gasteiger partial charge in [0.05, 0.1) is 6.10 Å². The van der Waals surface area contributed by atoms with Crippen LogP contribution in [-0.4, -0.2) is 58.4 Å². The molecule has 1 fully saturated rings. The maximum atomic E-state index is 10.0. The van der Waals surface area contributed by atoms with Crippen molar-refractivity contribution < 1.29 is 24.9 Å². The van der Waals surface area contributed by atoms with E-state index in [-0.39, 0.29) is 6.10 Å². The van der Waals surface area contributed by atoms with E-state index in [1.807, 2.05) is 0 Å². The third-order valence-electron chi connectivity index (χ3n) is 3.44. The zero-order valence-electron chi connectivity index (χ0n) is 12.2. The molecule has 6 heteroatoms. The molecule has 0 saturated carbocycles. The molecule has 1 aliphatic rings. The lowest BCUT2D eigenvalue weighted by atomic mass is 9.87. The Morgan fingerprint density at radius 3 is 2.33 bits per heavy atom. The van der Waals surface area contributed by atoms with E-state index in [0.29, 0.717) is 5.92 Å². The molecule has 2 atom stereocenters. The fourth-order valence-corrected chi connectivity index (χ4v) is 2.38. The standard InChI is InChI=1S/C13H19NO.C2H2O4/c1-10-4-3-5-11(8-10)12-6-7-14(2)9-13(12)15;3-1(4)2(5)6/h3-5,8,12-13,15H,6-7,9H2,1-2H3;(H,3,4)(H,5,6)/t12-,13-;/m1./s1. The van der Waals surface area contributed by atoms with Crippen molar-refractivity contribution >= 4 is 11.9 Å². The zero-order chi connectivity index (χ0) is 16.0. The smallest absolute Gasteiger partial charge is 0.414 e. The lowest BCUT2D eigenvalue weighted by Crippen LogP contribution is -2.40. The normalized spacial score (nSPS) is 22.0. The SMILES string of the molecule is Cc1cccc([C@H]2CCN(C)C[C@H]2O)c1.O=C(O)C(=O)O. The minimum atomic E-state index is -1.82. The molecule has 0 amide bonds. The number of piperidine rings is 1. The number of carbonyl (C=O) groups is 2. The predicted octanol–water partition coefficient (Wildman–Crippen LogP) is 0.931. The fourth-order valence-electron chi connectivity index (χ4n) is 2.38. The minimum Gasteiger partial charge on any atom is -0.473 e. The Labute approximate surface area is 123 Å². The average Bonchev–Trinajstić information content (AvgIpc) is 2.39. The number of β-amino-alcohol motifs (C(OH)–C–C–N with tert-alkyl or cyclic N) is 1. The molecule has 3 N–H and O–H groups in total. The molecule has 0 radical (unpaired) electrons. The minimum absolute atomic E-state index is 0.217. The van der Waals surface area contributed by atoms with E-state index < -0.39 is 11.9 Å². The highest BCUT2D eigenvalue weighted by molar-refractivity contribution is 6.27. The number of aryl methyl sites for hydroxylation is 1. The van der Waals surface area contributed by atoms with E-state index in [1.54, 1.807) is 0 Å². The van der Waals surface area contributed by atoms with Gasteiger partial charge >= 0.3 is 11.9 Å². The van der Waals surface area contributed by atoms with Crippen LogP contribution in [0.15, 0.2) is 24.3 Å². The summed E-state index contributed by atoms with van der Waals surface area (Å²) in [6, 6.07) is 8.51. The number of hydrogen-bond acceptors (Lipinski definition) is 4. The molecule has 1 aromatic carbocycles.